The second-order valence-electron chi connectivity index (χ2n) is 5.87. The van der Waals surface area contributed by atoms with Gasteiger partial charge in [-0.3, -0.25) is 9.80 Å². The van der Waals surface area contributed by atoms with Gasteiger partial charge < -0.3 is 10.5 Å². The maximum atomic E-state index is 5.70. The minimum atomic E-state index is 0.216. The van der Waals surface area contributed by atoms with Crippen LogP contribution in [0.3, 0.4) is 0 Å². The van der Waals surface area contributed by atoms with Crippen molar-refractivity contribution in [3.8, 4) is 0 Å². The zero-order valence-corrected chi connectivity index (χ0v) is 12.9. The van der Waals surface area contributed by atoms with Crippen LogP contribution in [0.4, 0.5) is 0 Å². The van der Waals surface area contributed by atoms with E-state index in [-0.39, 0.29) is 6.10 Å². The molecule has 4 nitrogen and oxygen atoms in total. The Morgan fingerprint density at radius 1 is 1.20 bits per heavy atom. The maximum Gasteiger partial charge on any atom is 0.0824 e. The highest BCUT2D eigenvalue weighted by Crippen LogP contribution is 2.21. The summed E-state index contributed by atoms with van der Waals surface area (Å²) in [4.78, 5) is 6.49. The Morgan fingerprint density at radius 2 is 2.05 bits per heavy atom. The largest absolute Gasteiger partial charge is 0.374 e. The zero-order chi connectivity index (χ0) is 13.8. The fourth-order valence-electron chi connectivity index (χ4n) is 3.08. The van der Waals surface area contributed by atoms with E-state index in [1.165, 1.54) is 36.4 Å². The Labute approximate surface area is 125 Å². The first-order valence-corrected chi connectivity index (χ1v) is 8.54. The zero-order valence-electron chi connectivity index (χ0n) is 12.1. The van der Waals surface area contributed by atoms with Crippen LogP contribution in [0.25, 0.3) is 0 Å². The lowest BCUT2D eigenvalue weighted by Crippen LogP contribution is -2.44. The predicted molar refractivity (Wildman–Crippen MR) is 82.9 cm³/mol. The van der Waals surface area contributed by atoms with E-state index in [2.05, 4.69) is 21.2 Å². The summed E-state index contributed by atoms with van der Waals surface area (Å²) < 4.78 is 5.62. The van der Waals surface area contributed by atoms with Crippen molar-refractivity contribution in [1.82, 2.24) is 9.80 Å². The van der Waals surface area contributed by atoms with E-state index in [9.17, 15) is 0 Å². The molecular formula is C15H25N3OS. The molecule has 1 aromatic rings. The van der Waals surface area contributed by atoms with Crippen LogP contribution in [-0.2, 0) is 17.8 Å². The van der Waals surface area contributed by atoms with Crippen molar-refractivity contribution in [1.29, 1.82) is 0 Å². The summed E-state index contributed by atoms with van der Waals surface area (Å²) in [5, 5.41) is 2.33. The predicted octanol–water partition coefficient (Wildman–Crippen LogP) is 1.50. The third-order valence-corrected chi connectivity index (χ3v) is 5.15. The molecule has 2 fully saturated rings. The highest BCUT2D eigenvalue weighted by Gasteiger charge is 2.20. The molecule has 0 unspecified atom stereocenters. The molecule has 0 aliphatic carbocycles. The highest BCUT2D eigenvalue weighted by atomic mass is 32.1. The highest BCUT2D eigenvalue weighted by molar-refractivity contribution is 7.10. The van der Waals surface area contributed by atoms with Gasteiger partial charge in [-0.2, -0.15) is 0 Å². The van der Waals surface area contributed by atoms with Crippen molar-refractivity contribution in [3.05, 3.63) is 21.9 Å². The van der Waals surface area contributed by atoms with Crippen LogP contribution in [0.1, 0.15) is 23.3 Å². The second-order valence-corrected chi connectivity index (χ2v) is 6.86. The van der Waals surface area contributed by atoms with Crippen molar-refractivity contribution < 1.29 is 4.74 Å². The van der Waals surface area contributed by atoms with Crippen LogP contribution in [0, 0.1) is 0 Å². The standard InChI is InChI=1S/C15H25N3OS/c16-8-14-10-18(5-6-19-14)11-15-7-13(12-20-15)9-17-3-1-2-4-17/h7,12,14H,1-6,8-11,16H2/t14-/m0/s1. The number of likely N-dealkylation sites (tertiary alicyclic amines) is 1. The lowest BCUT2D eigenvalue weighted by atomic mass is 10.2. The lowest BCUT2D eigenvalue weighted by Gasteiger charge is -2.31. The summed E-state index contributed by atoms with van der Waals surface area (Å²) in [6.07, 6.45) is 2.95. The molecule has 0 spiro atoms. The molecule has 0 radical (unpaired) electrons. The van der Waals surface area contributed by atoms with Crippen LogP contribution in [0.15, 0.2) is 11.4 Å². The van der Waals surface area contributed by atoms with Gasteiger partial charge in [-0.1, -0.05) is 0 Å². The molecule has 1 aromatic heterocycles. The maximum absolute atomic E-state index is 5.70. The summed E-state index contributed by atoms with van der Waals surface area (Å²) in [5.41, 5.74) is 7.18. The monoisotopic (exact) mass is 295 g/mol. The van der Waals surface area contributed by atoms with Crippen molar-refractivity contribution >= 4 is 11.3 Å². The van der Waals surface area contributed by atoms with Crippen LogP contribution in [0.5, 0.6) is 0 Å². The molecule has 0 bridgehead atoms. The summed E-state index contributed by atoms with van der Waals surface area (Å²) in [6.45, 7) is 8.15. The number of hydrogen-bond acceptors (Lipinski definition) is 5. The Hall–Kier alpha value is -0.460. The molecule has 5 heteroatoms. The number of ether oxygens (including phenoxy) is 1. The quantitative estimate of drug-likeness (QED) is 0.894. The molecule has 3 heterocycles. The molecule has 0 aromatic carbocycles. The van der Waals surface area contributed by atoms with Crippen molar-refractivity contribution in [2.75, 3.05) is 39.3 Å². The number of hydrogen-bond donors (Lipinski definition) is 1. The summed E-state index contributed by atoms with van der Waals surface area (Å²) in [6, 6.07) is 2.38. The Kier molecular flexibility index (Phi) is 5.07. The van der Waals surface area contributed by atoms with Gasteiger partial charge in [-0.25, -0.2) is 0 Å². The average Bonchev–Trinajstić information content (AvgIpc) is 3.12. The van der Waals surface area contributed by atoms with Crippen LogP contribution < -0.4 is 5.73 Å². The van der Waals surface area contributed by atoms with Gasteiger partial charge in [-0.05, 0) is 42.9 Å². The first-order chi connectivity index (χ1) is 9.83. The molecule has 2 aliphatic heterocycles. The first-order valence-electron chi connectivity index (χ1n) is 7.66. The number of nitrogens with zero attached hydrogens (tertiary/aromatic N) is 2. The molecule has 20 heavy (non-hydrogen) atoms. The Bertz CT molecular complexity index is 417. The van der Waals surface area contributed by atoms with Gasteiger partial charge in [0.15, 0.2) is 0 Å². The topological polar surface area (TPSA) is 41.7 Å². The van der Waals surface area contributed by atoms with E-state index in [0.29, 0.717) is 6.54 Å². The fourth-order valence-corrected chi connectivity index (χ4v) is 4.00. The van der Waals surface area contributed by atoms with E-state index in [1.54, 1.807) is 0 Å². The fraction of sp³-hybridized carbons (Fsp3) is 0.733. The minimum absolute atomic E-state index is 0.216. The molecule has 0 amide bonds. The van der Waals surface area contributed by atoms with Gasteiger partial charge in [0.1, 0.15) is 0 Å². The molecule has 112 valence electrons. The molecule has 0 saturated carbocycles. The Morgan fingerprint density at radius 3 is 2.85 bits per heavy atom. The number of thiophene rings is 1. The number of rotatable bonds is 5. The van der Waals surface area contributed by atoms with Crippen molar-refractivity contribution in [3.63, 3.8) is 0 Å². The molecule has 2 saturated heterocycles. The molecular weight excluding hydrogens is 270 g/mol. The third-order valence-electron chi connectivity index (χ3n) is 4.18. The molecule has 2 aliphatic rings. The van der Waals surface area contributed by atoms with E-state index in [1.807, 2.05) is 11.3 Å². The van der Waals surface area contributed by atoms with E-state index >= 15 is 0 Å². The molecule has 3 rings (SSSR count). The van der Waals surface area contributed by atoms with Gasteiger partial charge in [0.2, 0.25) is 0 Å². The van der Waals surface area contributed by atoms with E-state index < -0.39 is 0 Å². The van der Waals surface area contributed by atoms with Crippen LogP contribution in [0.2, 0.25) is 0 Å². The lowest BCUT2D eigenvalue weighted by molar-refractivity contribution is -0.0257. The number of morpholine rings is 1. The second kappa shape index (κ2) is 7.00. The minimum Gasteiger partial charge on any atom is -0.374 e. The SMILES string of the molecule is NC[C@H]1CN(Cc2cc(CN3CCCC3)cs2)CCO1. The summed E-state index contributed by atoms with van der Waals surface area (Å²) >= 11 is 1.89. The van der Waals surface area contributed by atoms with Gasteiger partial charge in [-0.15, -0.1) is 11.3 Å². The van der Waals surface area contributed by atoms with Gasteiger partial charge in [0.25, 0.3) is 0 Å². The third kappa shape index (κ3) is 3.80. The van der Waals surface area contributed by atoms with Gasteiger partial charge in [0, 0.05) is 37.6 Å². The van der Waals surface area contributed by atoms with Crippen molar-refractivity contribution in [2.45, 2.75) is 32.0 Å². The normalized spacial score (nSPS) is 25.4. The summed E-state index contributed by atoms with van der Waals surface area (Å²) in [7, 11) is 0. The summed E-state index contributed by atoms with van der Waals surface area (Å²) in [5.74, 6) is 0. The Balaban J connectivity index is 1.51. The van der Waals surface area contributed by atoms with Crippen LogP contribution in [-0.4, -0.2) is 55.2 Å². The molecule has 2 N–H and O–H groups in total. The van der Waals surface area contributed by atoms with E-state index in [4.69, 9.17) is 10.5 Å². The smallest absolute Gasteiger partial charge is 0.0824 e. The average molecular weight is 295 g/mol. The van der Waals surface area contributed by atoms with E-state index in [0.717, 1.165) is 32.8 Å². The first kappa shape index (κ1) is 14.5. The van der Waals surface area contributed by atoms with Gasteiger partial charge in [0.05, 0.1) is 12.7 Å². The molecule has 1 atom stereocenters. The number of nitrogens with two attached hydrogens (primary N) is 1. The van der Waals surface area contributed by atoms with Crippen molar-refractivity contribution in [2.24, 2.45) is 5.73 Å². The van der Waals surface area contributed by atoms with Gasteiger partial charge >= 0.3 is 0 Å². The van der Waals surface area contributed by atoms with Crippen LogP contribution >= 0.6 is 11.3 Å².